The van der Waals surface area contributed by atoms with Crippen LogP contribution in [0.1, 0.15) is 38.4 Å². The zero-order valence-corrected chi connectivity index (χ0v) is 21.5. The average molecular weight is 496 g/mol. The van der Waals surface area contributed by atoms with Crippen molar-refractivity contribution in [3.63, 3.8) is 0 Å². The summed E-state index contributed by atoms with van der Waals surface area (Å²) in [4.78, 5) is 41.4. The Balaban J connectivity index is 1.68. The molecule has 1 fully saturated rings. The van der Waals surface area contributed by atoms with Crippen LogP contribution in [0.3, 0.4) is 0 Å². The van der Waals surface area contributed by atoms with E-state index in [4.69, 9.17) is 0 Å². The molecule has 8 nitrogen and oxygen atoms in total. The highest BCUT2D eigenvalue weighted by Gasteiger charge is 2.42. The van der Waals surface area contributed by atoms with Gasteiger partial charge >= 0.3 is 0 Å². The van der Waals surface area contributed by atoms with Crippen LogP contribution in [-0.4, -0.2) is 57.9 Å². The Morgan fingerprint density at radius 1 is 1.31 bits per heavy atom. The predicted octanol–water partition coefficient (Wildman–Crippen LogP) is 3.60. The topological polar surface area (TPSA) is 107 Å². The number of rotatable bonds is 9. The van der Waals surface area contributed by atoms with Crippen LogP contribution >= 0.6 is 11.3 Å². The lowest BCUT2D eigenvalue weighted by atomic mass is 9.89. The maximum Gasteiger partial charge on any atom is 0.243 e. The molecule has 0 bridgehead atoms. The van der Waals surface area contributed by atoms with Crippen LogP contribution in [0.25, 0.3) is 10.4 Å². The van der Waals surface area contributed by atoms with Gasteiger partial charge in [-0.2, -0.15) is 0 Å². The number of aryl methyl sites for hydroxylation is 1. The summed E-state index contributed by atoms with van der Waals surface area (Å²) in [5, 5.41) is 13.2. The molecule has 0 spiro atoms. The number of nitrogens with one attached hydrogen (secondary N) is 1. The maximum absolute atomic E-state index is 13.5. The minimum atomic E-state index is -0.744. The highest BCUT2D eigenvalue weighted by Crippen LogP contribution is 2.28. The van der Waals surface area contributed by atoms with Gasteiger partial charge in [0.05, 0.1) is 28.1 Å². The predicted molar refractivity (Wildman–Crippen MR) is 140 cm³/mol. The SMILES string of the molecule is C=N/C=C\N=C(C)[C@H](C(=O)N1C[C@H](O)C[C@H]1C(=O)NCc1ccc(-c2scnc2C)cc1)C(C)C. The summed E-state index contributed by atoms with van der Waals surface area (Å²) in [5.74, 6) is -1.02. The minimum absolute atomic E-state index is 0.0292. The van der Waals surface area contributed by atoms with Gasteiger partial charge in [0.25, 0.3) is 0 Å². The van der Waals surface area contributed by atoms with Crippen LogP contribution < -0.4 is 5.32 Å². The van der Waals surface area contributed by atoms with Crippen LogP contribution in [-0.2, 0) is 16.1 Å². The lowest BCUT2D eigenvalue weighted by Gasteiger charge is -2.29. The standard InChI is InChI=1S/C26H33N5O3S/c1-16(2)23(17(3)28-11-10-27-5)26(34)31-14-21(32)12-22(31)25(33)29-13-19-6-8-20(9-7-19)24-18(4)30-15-35-24/h6-11,15-16,21-23,32H,5,12-14H2,1-4H3,(H,29,33)/b11-10-,28-17?/t21-,22+,23-/m1/s1. The van der Waals surface area contributed by atoms with Crippen LogP contribution in [0.5, 0.6) is 0 Å². The number of aliphatic hydroxyl groups excluding tert-OH is 1. The zero-order valence-electron chi connectivity index (χ0n) is 20.6. The van der Waals surface area contributed by atoms with Crippen molar-refractivity contribution in [3.05, 3.63) is 53.4 Å². The largest absolute Gasteiger partial charge is 0.391 e. The molecule has 2 N–H and O–H groups in total. The molecule has 0 radical (unpaired) electrons. The number of nitrogens with zero attached hydrogens (tertiary/aromatic N) is 4. The number of aromatic nitrogens is 1. The molecule has 2 heterocycles. The molecular weight excluding hydrogens is 462 g/mol. The molecule has 1 aromatic heterocycles. The molecular formula is C26H33N5O3S. The summed E-state index contributed by atoms with van der Waals surface area (Å²) >= 11 is 1.60. The Morgan fingerprint density at radius 2 is 2.03 bits per heavy atom. The number of amides is 2. The summed E-state index contributed by atoms with van der Waals surface area (Å²) in [7, 11) is 0. The fraction of sp³-hybridized carbons (Fsp3) is 0.423. The molecule has 0 unspecified atom stereocenters. The molecule has 0 aliphatic carbocycles. The third-order valence-electron chi connectivity index (χ3n) is 6.13. The summed E-state index contributed by atoms with van der Waals surface area (Å²) in [6.07, 6.45) is 2.41. The lowest BCUT2D eigenvalue weighted by molar-refractivity contribution is -0.141. The highest BCUT2D eigenvalue weighted by atomic mass is 32.1. The zero-order chi connectivity index (χ0) is 25.5. The van der Waals surface area contributed by atoms with Crippen LogP contribution in [0.4, 0.5) is 0 Å². The van der Waals surface area contributed by atoms with Gasteiger partial charge in [-0.1, -0.05) is 38.1 Å². The van der Waals surface area contributed by atoms with E-state index < -0.39 is 18.1 Å². The Bertz CT molecular complexity index is 1110. The number of hydrogen-bond donors (Lipinski definition) is 2. The molecule has 2 amide bonds. The van der Waals surface area contributed by atoms with E-state index in [1.165, 1.54) is 17.3 Å². The second-order valence-electron chi connectivity index (χ2n) is 9.05. The third-order valence-corrected chi connectivity index (χ3v) is 7.10. The monoisotopic (exact) mass is 495 g/mol. The van der Waals surface area contributed by atoms with E-state index in [0.717, 1.165) is 21.7 Å². The summed E-state index contributed by atoms with van der Waals surface area (Å²) < 4.78 is 0. The number of likely N-dealkylation sites (tertiary alicyclic amines) is 1. The number of thiazole rings is 1. The minimum Gasteiger partial charge on any atom is -0.391 e. The molecule has 0 saturated carbocycles. The fourth-order valence-electron chi connectivity index (χ4n) is 4.37. The Hall–Kier alpha value is -3.17. The number of carbonyl (C=O) groups is 2. The van der Waals surface area contributed by atoms with Crippen LogP contribution in [0.2, 0.25) is 0 Å². The van der Waals surface area contributed by atoms with E-state index in [2.05, 4.69) is 27.0 Å². The number of aliphatic hydroxyl groups is 1. The molecule has 186 valence electrons. The third kappa shape index (κ3) is 6.49. The molecule has 1 saturated heterocycles. The van der Waals surface area contributed by atoms with Crippen LogP contribution in [0.15, 0.2) is 52.2 Å². The first-order chi connectivity index (χ1) is 16.7. The number of aliphatic imine (C=N–C) groups is 2. The summed E-state index contributed by atoms with van der Waals surface area (Å²) in [6, 6.07) is 7.25. The van der Waals surface area contributed by atoms with Crippen molar-refractivity contribution in [3.8, 4) is 10.4 Å². The Kier molecular flexibility index (Phi) is 9.06. The van der Waals surface area contributed by atoms with E-state index >= 15 is 0 Å². The van der Waals surface area contributed by atoms with Gasteiger partial charge in [0.1, 0.15) is 6.04 Å². The van der Waals surface area contributed by atoms with Gasteiger partial charge in [-0.05, 0) is 37.6 Å². The summed E-state index contributed by atoms with van der Waals surface area (Å²) in [6.45, 7) is 11.5. The van der Waals surface area contributed by atoms with E-state index in [1.807, 2.05) is 50.5 Å². The Morgan fingerprint density at radius 3 is 2.63 bits per heavy atom. The lowest BCUT2D eigenvalue weighted by Crippen LogP contribution is -2.49. The quantitative estimate of drug-likeness (QED) is 0.518. The van der Waals surface area contributed by atoms with Gasteiger partial charge in [0.15, 0.2) is 0 Å². The summed E-state index contributed by atoms with van der Waals surface area (Å²) in [5.41, 5.74) is 5.49. The van der Waals surface area contributed by atoms with Crippen molar-refractivity contribution in [2.75, 3.05) is 6.54 Å². The molecule has 35 heavy (non-hydrogen) atoms. The van der Waals surface area contributed by atoms with Crippen molar-refractivity contribution < 1.29 is 14.7 Å². The number of benzene rings is 1. The first-order valence-electron chi connectivity index (χ1n) is 11.6. The maximum atomic E-state index is 13.5. The highest BCUT2D eigenvalue weighted by molar-refractivity contribution is 7.13. The normalized spacial score (nSPS) is 19.4. The molecule has 2 aromatic rings. The smallest absolute Gasteiger partial charge is 0.243 e. The van der Waals surface area contributed by atoms with Crippen molar-refractivity contribution in [1.82, 2.24) is 15.2 Å². The van der Waals surface area contributed by atoms with Crippen molar-refractivity contribution in [2.45, 2.75) is 52.8 Å². The number of β-amino-alcohol motifs (C(OH)–C–C–N with tert-alkyl or cyclic N) is 1. The fourth-order valence-corrected chi connectivity index (χ4v) is 5.18. The molecule has 3 rings (SSSR count). The second kappa shape index (κ2) is 12.0. The average Bonchev–Trinajstić information content (AvgIpc) is 3.43. The van der Waals surface area contributed by atoms with E-state index in [0.29, 0.717) is 12.3 Å². The Labute approximate surface area is 210 Å². The van der Waals surface area contributed by atoms with Crippen molar-refractivity contribution in [1.29, 1.82) is 0 Å². The van der Waals surface area contributed by atoms with E-state index in [-0.39, 0.29) is 30.7 Å². The number of carbonyl (C=O) groups excluding carboxylic acids is 2. The van der Waals surface area contributed by atoms with Crippen molar-refractivity contribution >= 4 is 35.6 Å². The van der Waals surface area contributed by atoms with Gasteiger partial charge < -0.3 is 15.3 Å². The van der Waals surface area contributed by atoms with E-state index in [1.54, 1.807) is 18.3 Å². The van der Waals surface area contributed by atoms with Gasteiger partial charge in [0.2, 0.25) is 11.8 Å². The first kappa shape index (κ1) is 26.4. The van der Waals surface area contributed by atoms with Gasteiger partial charge in [-0.3, -0.25) is 19.6 Å². The molecule has 3 atom stereocenters. The second-order valence-corrected chi connectivity index (χ2v) is 9.91. The van der Waals surface area contributed by atoms with Gasteiger partial charge in [0, 0.05) is 37.6 Å². The van der Waals surface area contributed by atoms with E-state index in [9.17, 15) is 14.7 Å². The van der Waals surface area contributed by atoms with Gasteiger partial charge in [-0.15, -0.1) is 11.3 Å². The molecule has 1 aliphatic rings. The molecule has 9 heteroatoms. The van der Waals surface area contributed by atoms with Gasteiger partial charge in [-0.25, -0.2) is 4.98 Å². The first-order valence-corrected chi connectivity index (χ1v) is 12.5. The molecule has 1 aliphatic heterocycles. The number of hydrogen-bond acceptors (Lipinski definition) is 7. The molecule has 1 aromatic carbocycles. The van der Waals surface area contributed by atoms with Crippen LogP contribution in [0, 0.1) is 18.8 Å². The van der Waals surface area contributed by atoms with Crippen molar-refractivity contribution in [2.24, 2.45) is 21.8 Å².